The van der Waals surface area contributed by atoms with Gasteiger partial charge in [0.15, 0.2) is 5.82 Å². The van der Waals surface area contributed by atoms with E-state index in [1.165, 1.54) is 0 Å². The minimum Gasteiger partial charge on any atom is -0.508 e. The van der Waals surface area contributed by atoms with E-state index in [-0.39, 0.29) is 5.75 Å². The van der Waals surface area contributed by atoms with Crippen LogP contribution in [0.3, 0.4) is 0 Å². The van der Waals surface area contributed by atoms with Crippen LogP contribution >= 0.6 is 0 Å². The molecule has 1 aromatic heterocycles. The average Bonchev–Trinajstić information content (AvgIpc) is 2.67. The van der Waals surface area contributed by atoms with Gasteiger partial charge in [-0.1, -0.05) is 17.3 Å². The minimum atomic E-state index is 0.276. The first-order chi connectivity index (χ1) is 7.74. The molecule has 84 valence electrons. The maximum atomic E-state index is 9.11. The molecule has 1 heterocycles. The highest BCUT2D eigenvalue weighted by Gasteiger charge is 2.01. The van der Waals surface area contributed by atoms with Crippen LogP contribution in [0.25, 0.3) is 0 Å². The molecule has 0 amide bonds. The van der Waals surface area contributed by atoms with E-state index in [4.69, 9.17) is 9.63 Å². The predicted octanol–water partition coefficient (Wildman–Crippen LogP) is 1.37. The molecule has 0 radical (unpaired) electrons. The third-order valence-electron chi connectivity index (χ3n) is 2.12. The lowest BCUT2D eigenvalue weighted by Gasteiger charge is -2.01. The van der Waals surface area contributed by atoms with Gasteiger partial charge in [0.25, 0.3) is 0 Å². The van der Waals surface area contributed by atoms with Crippen LogP contribution in [0.2, 0.25) is 0 Å². The zero-order valence-corrected chi connectivity index (χ0v) is 8.97. The molecule has 2 rings (SSSR count). The molecule has 16 heavy (non-hydrogen) atoms. The standard InChI is InChI=1S/C11H13N3O2/c1-8-13-11(14-16-8)7-12-6-9-2-4-10(15)5-3-9/h2-5,12,15H,6-7H2,1H3. The van der Waals surface area contributed by atoms with Gasteiger partial charge in [-0.05, 0) is 17.7 Å². The van der Waals surface area contributed by atoms with E-state index in [1.807, 2.05) is 12.1 Å². The van der Waals surface area contributed by atoms with Crippen molar-refractivity contribution in [3.63, 3.8) is 0 Å². The van der Waals surface area contributed by atoms with Gasteiger partial charge in [-0.2, -0.15) is 4.98 Å². The fourth-order valence-electron chi connectivity index (χ4n) is 1.35. The molecule has 0 saturated carbocycles. The van der Waals surface area contributed by atoms with Crippen molar-refractivity contribution < 1.29 is 9.63 Å². The van der Waals surface area contributed by atoms with Gasteiger partial charge in [0.2, 0.25) is 5.89 Å². The van der Waals surface area contributed by atoms with E-state index < -0.39 is 0 Å². The largest absolute Gasteiger partial charge is 0.508 e. The van der Waals surface area contributed by atoms with E-state index in [0.29, 0.717) is 24.8 Å². The minimum absolute atomic E-state index is 0.276. The Morgan fingerprint density at radius 1 is 1.25 bits per heavy atom. The fourth-order valence-corrected chi connectivity index (χ4v) is 1.35. The predicted molar refractivity (Wildman–Crippen MR) is 57.7 cm³/mol. The number of rotatable bonds is 4. The summed E-state index contributed by atoms with van der Waals surface area (Å²) in [7, 11) is 0. The summed E-state index contributed by atoms with van der Waals surface area (Å²) < 4.78 is 4.85. The highest BCUT2D eigenvalue weighted by atomic mass is 16.5. The zero-order valence-electron chi connectivity index (χ0n) is 8.97. The van der Waals surface area contributed by atoms with Gasteiger partial charge in [0.1, 0.15) is 5.75 Å². The first kappa shape index (κ1) is 10.6. The maximum absolute atomic E-state index is 9.11. The maximum Gasteiger partial charge on any atom is 0.223 e. The van der Waals surface area contributed by atoms with E-state index in [9.17, 15) is 0 Å². The molecule has 0 bridgehead atoms. The summed E-state index contributed by atoms with van der Waals surface area (Å²) in [6, 6.07) is 7.05. The number of benzene rings is 1. The third kappa shape index (κ3) is 2.80. The number of hydrogen-bond donors (Lipinski definition) is 2. The second kappa shape index (κ2) is 4.76. The fraction of sp³-hybridized carbons (Fsp3) is 0.273. The second-order valence-electron chi connectivity index (χ2n) is 3.50. The first-order valence-corrected chi connectivity index (χ1v) is 5.02. The van der Waals surface area contributed by atoms with Crippen LogP contribution in [0.4, 0.5) is 0 Å². The summed E-state index contributed by atoms with van der Waals surface area (Å²) in [6.07, 6.45) is 0. The third-order valence-corrected chi connectivity index (χ3v) is 2.12. The summed E-state index contributed by atoms with van der Waals surface area (Å²) in [4.78, 5) is 4.08. The summed E-state index contributed by atoms with van der Waals surface area (Å²) in [5, 5.41) is 16.1. The van der Waals surface area contributed by atoms with Gasteiger partial charge in [0, 0.05) is 13.5 Å². The smallest absolute Gasteiger partial charge is 0.223 e. The molecule has 0 aliphatic rings. The number of nitrogens with one attached hydrogen (secondary N) is 1. The van der Waals surface area contributed by atoms with Crippen LogP contribution in [0.5, 0.6) is 5.75 Å². The van der Waals surface area contributed by atoms with Crippen LogP contribution in [0.1, 0.15) is 17.3 Å². The Morgan fingerprint density at radius 2 is 2.00 bits per heavy atom. The molecule has 2 N–H and O–H groups in total. The van der Waals surface area contributed by atoms with Crippen molar-refractivity contribution in [3.05, 3.63) is 41.5 Å². The second-order valence-corrected chi connectivity index (χ2v) is 3.50. The van der Waals surface area contributed by atoms with Crippen molar-refractivity contribution in [1.82, 2.24) is 15.5 Å². The Labute approximate surface area is 93.1 Å². The molecular weight excluding hydrogens is 206 g/mol. The first-order valence-electron chi connectivity index (χ1n) is 5.02. The number of aromatic hydroxyl groups is 1. The van der Waals surface area contributed by atoms with E-state index in [2.05, 4.69) is 15.5 Å². The number of hydrogen-bond acceptors (Lipinski definition) is 5. The quantitative estimate of drug-likeness (QED) is 0.812. The van der Waals surface area contributed by atoms with Crippen LogP contribution in [-0.2, 0) is 13.1 Å². The number of nitrogens with zero attached hydrogens (tertiary/aromatic N) is 2. The Morgan fingerprint density at radius 3 is 2.62 bits per heavy atom. The molecule has 0 unspecified atom stereocenters. The van der Waals surface area contributed by atoms with Gasteiger partial charge < -0.3 is 14.9 Å². The molecule has 0 aliphatic heterocycles. The van der Waals surface area contributed by atoms with Crippen molar-refractivity contribution in [3.8, 4) is 5.75 Å². The van der Waals surface area contributed by atoms with Crippen LogP contribution < -0.4 is 5.32 Å². The number of phenols is 1. The highest BCUT2D eigenvalue weighted by Crippen LogP contribution is 2.09. The Bertz CT molecular complexity index is 451. The lowest BCUT2D eigenvalue weighted by Crippen LogP contribution is -2.13. The Kier molecular flexibility index (Phi) is 3.16. The molecule has 0 atom stereocenters. The summed E-state index contributed by atoms with van der Waals surface area (Å²) >= 11 is 0. The molecule has 5 heteroatoms. The topological polar surface area (TPSA) is 71.2 Å². The van der Waals surface area contributed by atoms with Gasteiger partial charge in [-0.15, -0.1) is 0 Å². The molecule has 2 aromatic rings. The summed E-state index contributed by atoms with van der Waals surface area (Å²) in [5.41, 5.74) is 1.10. The van der Waals surface area contributed by atoms with Crippen LogP contribution in [-0.4, -0.2) is 15.2 Å². The molecule has 0 saturated heterocycles. The monoisotopic (exact) mass is 219 g/mol. The van der Waals surface area contributed by atoms with E-state index in [0.717, 1.165) is 5.56 Å². The van der Waals surface area contributed by atoms with Crippen molar-refractivity contribution in [2.45, 2.75) is 20.0 Å². The lowest BCUT2D eigenvalue weighted by molar-refractivity contribution is 0.385. The molecule has 0 fully saturated rings. The average molecular weight is 219 g/mol. The molecule has 0 aliphatic carbocycles. The van der Waals surface area contributed by atoms with Crippen LogP contribution in [0.15, 0.2) is 28.8 Å². The summed E-state index contributed by atoms with van der Waals surface area (Å²) in [6.45, 7) is 3.03. The number of phenolic OH excluding ortho intramolecular Hbond substituents is 1. The van der Waals surface area contributed by atoms with Crippen molar-refractivity contribution in [2.75, 3.05) is 0 Å². The van der Waals surface area contributed by atoms with Crippen molar-refractivity contribution >= 4 is 0 Å². The van der Waals surface area contributed by atoms with Gasteiger partial charge in [0.05, 0.1) is 6.54 Å². The molecule has 0 spiro atoms. The van der Waals surface area contributed by atoms with Gasteiger partial charge >= 0.3 is 0 Å². The SMILES string of the molecule is Cc1nc(CNCc2ccc(O)cc2)no1. The number of aromatic nitrogens is 2. The van der Waals surface area contributed by atoms with Gasteiger partial charge in [-0.25, -0.2) is 0 Å². The van der Waals surface area contributed by atoms with E-state index in [1.54, 1.807) is 19.1 Å². The zero-order chi connectivity index (χ0) is 11.4. The molecular formula is C11H13N3O2. The number of aryl methyl sites for hydroxylation is 1. The molecule has 5 nitrogen and oxygen atoms in total. The molecule has 1 aromatic carbocycles. The van der Waals surface area contributed by atoms with Gasteiger partial charge in [-0.3, -0.25) is 0 Å². The summed E-state index contributed by atoms with van der Waals surface area (Å²) in [5.74, 6) is 1.50. The van der Waals surface area contributed by atoms with E-state index >= 15 is 0 Å². The Balaban J connectivity index is 1.82. The Hall–Kier alpha value is -1.88. The highest BCUT2D eigenvalue weighted by molar-refractivity contribution is 5.25. The lowest BCUT2D eigenvalue weighted by atomic mass is 10.2. The van der Waals surface area contributed by atoms with Crippen molar-refractivity contribution in [1.29, 1.82) is 0 Å². The van der Waals surface area contributed by atoms with Crippen molar-refractivity contribution in [2.24, 2.45) is 0 Å². The normalized spacial score (nSPS) is 10.6. The van der Waals surface area contributed by atoms with Crippen LogP contribution in [0, 0.1) is 6.92 Å².